The van der Waals surface area contributed by atoms with Crippen LogP contribution in [0.5, 0.6) is 5.75 Å². The summed E-state index contributed by atoms with van der Waals surface area (Å²) in [7, 11) is 1.71. The molecule has 3 aromatic rings. The Labute approximate surface area is 136 Å². The molecule has 0 amide bonds. The second kappa shape index (κ2) is 6.84. The van der Waals surface area contributed by atoms with Gasteiger partial charge in [0.25, 0.3) is 0 Å². The summed E-state index contributed by atoms with van der Waals surface area (Å²) in [6.07, 6.45) is 6.78. The van der Waals surface area contributed by atoms with E-state index in [1.54, 1.807) is 7.11 Å². The lowest BCUT2D eigenvalue weighted by Crippen LogP contribution is -1.99. The molecule has 2 aromatic heterocycles. The van der Waals surface area contributed by atoms with Gasteiger partial charge in [-0.05, 0) is 68.1 Å². The maximum Gasteiger partial charge on any atom is 0.119 e. The summed E-state index contributed by atoms with van der Waals surface area (Å²) in [6, 6.07) is 8.29. The largest absolute Gasteiger partial charge is 0.497 e. The van der Waals surface area contributed by atoms with E-state index in [2.05, 4.69) is 29.0 Å². The second-order valence-corrected chi connectivity index (χ2v) is 5.83. The highest BCUT2D eigenvalue weighted by Gasteiger charge is 2.15. The number of ether oxygens (including phenoxy) is 1. The number of aromatic nitrogens is 2. The number of benzene rings is 1. The Bertz CT molecular complexity index is 793. The van der Waals surface area contributed by atoms with E-state index < -0.39 is 0 Å². The normalized spacial score (nSPS) is 11.1. The first-order valence-corrected chi connectivity index (χ1v) is 8.04. The van der Waals surface area contributed by atoms with Gasteiger partial charge in [-0.15, -0.1) is 0 Å². The zero-order chi connectivity index (χ0) is 16.2. The molecule has 0 saturated carbocycles. The first-order valence-electron chi connectivity index (χ1n) is 8.04. The molecule has 3 rings (SSSR count). The fourth-order valence-corrected chi connectivity index (χ4v) is 3.08. The summed E-state index contributed by atoms with van der Waals surface area (Å²) >= 11 is 0. The Morgan fingerprint density at radius 3 is 2.65 bits per heavy atom. The van der Waals surface area contributed by atoms with E-state index >= 15 is 0 Å². The van der Waals surface area contributed by atoms with Gasteiger partial charge in [-0.25, -0.2) is 0 Å². The van der Waals surface area contributed by atoms with Gasteiger partial charge in [0, 0.05) is 34.6 Å². The van der Waals surface area contributed by atoms with Gasteiger partial charge in [0.1, 0.15) is 5.75 Å². The van der Waals surface area contributed by atoms with Crippen molar-refractivity contribution in [1.29, 1.82) is 0 Å². The molecule has 2 heterocycles. The van der Waals surface area contributed by atoms with Crippen molar-refractivity contribution in [1.82, 2.24) is 9.97 Å². The quantitative estimate of drug-likeness (QED) is 0.680. The van der Waals surface area contributed by atoms with Crippen LogP contribution in [0.15, 0.2) is 36.7 Å². The van der Waals surface area contributed by atoms with Crippen LogP contribution in [0.2, 0.25) is 0 Å². The maximum atomic E-state index is 5.66. The standard InChI is InChI=1S/C19H23N3O/c1-13-11-15(23-2)12-17-16(5-3-4-8-20)19(22-18(13)17)14-6-9-21-10-7-14/h6-7,9-12,22H,3-5,8,20H2,1-2H3. The van der Waals surface area contributed by atoms with Crippen molar-refractivity contribution in [3.63, 3.8) is 0 Å². The molecule has 0 bridgehead atoms. The minimum Gasteiger partial charge on any atom is -0.497 e. The van der Waals surface area contributed by atoms with E-state index in [0.717, 1.165) is 37.1 Å². The van der Waals surface area contributed by atoms with E-state index in [1.807, 2.05) is 24.5 Å². The van der Waals surface area contributed by atoms with Crippen molar-refractivity contribution in [3.05, 3.63) is 47.8 Å². The van der Waals surface area contributed by atoms with Gasteiger partial charge in [0.15, 0.2) is 0 Å². The number of H-pyrrole nitrogens is 1. The maximum absolute atomic E-state index is 5.66. The van der Waals surface area contributed by atoms with Gasteiger partial charge < -0.3 is 15.5 Å². The van der Waals surface area contributed by atoms with Gasteiger partial charge in [-0.3, -0.25) is 4.98 Å². The molecule has 0 fully saturated rings. The van der Waals surface area contributed by atoms with E-state index in [4.69, 9.17) is 10.5 Å². The summed E-state index contributed by atoms with van der Waals surface area (Å²) in [4.78, 5) is 7.74. The van der Waals surface area contributed by atoms with Crippen molar-refractivity contribution >= 4 is 10.9 Å². The third kappa shape index (κ3) is 3.08. The molecule has 0 aliphatic rings. The van der Waals surface area contributed by atoms with Crippen LogP contribution in [0.1, 0.15) is 24.0 Å². The highest BCUT2D eigenvalue weighted by molar-refractivity contribution is 5.93. The predicted molar refractivity (Wildman–Crippen MR) is 94.8 cm³/mol. The second-order valence-electron chi connectivity index (χ2n) is 5.83. The summed E-state index contributed by atoms with van der Waals surface area (Å²) < 4.78 is 5.45. The Hall–Kier alpha value is -2.33. The summed E-state index contributed by atoms with van der Waals surface area (Å²) in [6.45, 7) is 2.84. The van der Waals surface area contributed by atoms with Gasteiger partial charge in [0.2, 0.25) is 0 Å². The molecular formula is C19H23N3O. The average Bonchev–Trinajstić information content (AvgIpc) is 2.95. The number of nitrogens with two attached hydrogens (primary N) is 1. The Morgan fingerprint density at radius 2 is 1.96 bits per heavy atom. The lowest BCUT2D eigenvalue weighted by Gasteiger charge is -2.06. The SMILES string of the molecule is COc1cc(C)c2[nH]c(-c3ccncc3)c(CCCCN)c2c1. The molecule has 0 radical (unpaired) electrons. The molecule has 23 heavy (non-hydrogen) atoms. The van der Waals surface area contributed by atoms with Gasteiger partial charge >= 0.3 is 0 Å². The Kier molecular flexibility index (Phi) is 4.63. The van der Waals surface area contributed by atoms with Crippen molar-refractivity contribution < 1.29 is 4.74 Å². The zero-order valence-electron chi connectivity index (χ0n) is 13.7. The molecule has 0 atom stereocenters. The molecule has 120 valence electrons. The third-order valence-corrected chi connectivity index (χ3v) is 4.27. The van der Waals surface area contributed by atoms with Crippen molar-refractivity contribution in [3.8, 4) is 17.0 Å². The number of aryl methyl sites for hydroxylation is 2. The minimum atomic E-state index is 0.731. The number of nitrogens with zero attached hydrogens (tertiary/aromatic N) is 1. The van der Waals surface area contributed by atoms with Crippen LogP contribution in [0.3, 0.4) is 0 Å². The van der Waals surface area contributed by atoms with E-state index in [-0.39, 0.29) is 0 Å². The van der Waals surface area contributed by atoms with Gasteiger partial charge in [0.05, 0.1) is 7.11 Å². The van der Waals surface area contributed by atoms with Crippen molar-refractivity contribution in [2.45, 2.75) is 26.2 Å². The first kappa shape index (κ1) is 15.6. The topological polar surface area (TPSA) is 63.9 Å². The molecule has 0 spiro atoms. The predicted octanol–water partition coefficient (Wildman–Crippen LogP) is 3.83. The molecular weight excluding hydrogens is 286 g/mol. The zero-order valence-corrected chi connectivity index (χ0v) is 13.7. The van der Waals surface area contributed by atoms with Crippen LogP contribution in [-0.4, -0.2) is 23.6 Å². The number of hydrogen-bond acceptors (Lipinski definition) is 3. The fraction of sp³-hybridized carbons (Fsp3) is 0.316. The number of pyridine rings is 1. The Morgan fingerprint density at radius 1 is 1.17 bits per heavy atom. The number of unbranched alkanes of at least 4 members (excludes halogenated alkanes) is 1. The molecule has 0 saturated heterocycles. The van der Waals surface area contributed by atoms with Crippen LogP contribution in [0, 0.1) is 6.92 Å². The van der Waals surface area contributed by atoms with Crippen molar-refractivity contribution in [2.24, 2.45) is 5.73 Å². The molecule has 4 nitrogen and oxygen atoms in total. The first-order chi connectivity index (χ1) is 11.2. The number of nitrogens with one attached hydrogen (secondary N) is 1. The lowest BCUT2D eigenvalue weighted by atomic mass is 10.00. The van der Waals surface area contributed by atoms with Crippen LogP contribution in [-0.2, 0) is 6.42 Å². The number of methoxy groups -OCH3 is 1. The molecule has 0 aliphatic heterocycles. The lowest BCUT2D eigenvalue weighted by molar-refractivity contribution is 0.415. The van der Waals surface area contributed by atoms with Crippen LogP contribution in [0.4, 0.5) is 0 Å². The summed E-state index contributed by atoms with van der Waals surface area (Å²) in [5.74, 6) is 0.898. The molecule has 1 aromatic carbocycles. The molecule has 0 aliphatic carbocycles. The van der Waals surface area contributed by atoms with Crippen LogP contribution < -0.4 is 10.5 Å². The van der Waals surface area contributed by atoms with E-state index in [1.165, 1.54) is 27.7 Å². The van der Waals surface area contributed by atoms with Gasteiger partial charge in [-0.1, -0.05) is 0 Å². The highest BCUT2D eigenvalue weighted by Crippen LogP contribution is 2.35. The highest BCUT2D eigenvalue weighted by atomic mass is 16.5. The Balaban J connectivity index is 2.17. The number of rotatable bonds is 6. The monoisotopic (exact) mass is 309 g/mol. The summed E-state index contributed by atoms with van der Waals surface area (Å²) in [5.41, 5.74) is 11.7. The van der Waals surface area contributed by atoms with E-state index in [9.17, 15) is 0 Å². The number of hydrogen-bond donors (Lipinski definition) is 2. The number of fused-ring (bicyclic) bond motifs is 1. The molecule has 3 N–H and O–H groups in total. The van der Waals surface area contributed by atoms with Crippen LogP contribution in [0.25, 0.3) is 22.2 Å². The average molecular weight is 309 g/mol. The smallest absolute Gasteiger partial charge is 0.119 e. The minimum absolute atomic E-state index is 0.731. The molecule has 4 heteroatoms. The fourth-order valence-electron chi connectivity index (χ4n) is 3.08. The van der Waals surface area contributed by atoms with Crippen molar-refractivity contribution in [2.75, 3.05) is 13.7 Å². The van der Waals surface area contributed by atoms with Crippen LogP contribution >= 0.6 is 0 Å². The third-order valence-electron chi connectivity index (χ3n) is 4.27. The summed E-state index contributed by atoms with van der Waals surface area (Å²) in [5, 5.41) is 1.24. The van der Waals surface area contributed by atoms with E-state index in [0.29, 0.717) is 0 Å². The van der Waals surface area contributed by atoms with Gasteiger partial charge in [-0.2, -0.15) is 0 Å². The number of aromatic amines is 1. The molecule has 0 unspecified atom stereocenters.